The molecule has 3 aromatic carbocycles. The molecule has 1 aliphatic rings. The van der Waals surface area contributed by atoms with Crippen molar-refractivity contribution in [2.24, 2.45) is 0 Å². The van der Waals surface area contributed by atoms with E-state index >= 15 is 0 Å². The van der Waals surface area contributed by atoms with Crippen LogP contribution in [0.1, 0.15) is 36.5 Å². The van der Waals surface area contributed by atoms with Crippen LogP contribution < -0.4 is 5.32 Å². The summed E-state index contributed by atoms with van der Waals surface area (Å²) < 4.78 is 7.81. The van der Waals surface area contributed by atoms with Gasteiger partial charge in [-0.25, -0.2) is 4.79 Å². The first kappa shape index (κ1) is 20.8. The highest BCUT2D eigenvalue weighted by Gasteiger charge is 2.38. The van der Waals surface area contributed by atoms with Crippen molar-refractivity contribution in [1.29, 1.82) is 0 Å². The van der Waals surface area contributed by atoms with Crippen molar-refractivity contribution in [1.82, 2.24) is 9.99 Å². The normalized spacial score (nSPS) is 16.3. The van der Waals surface area contributed by atoms with Gasteiger partial charge in [-0.15, -0.1) is 0 Å². The minimum Gasteiger partial charge on any atom is -0.445 e. The van der Waals surface area contributed by atoms with Gasteiger partial charge in [0.1, 0.15) is 6.61 Å². The maximum atomic E-state index is 12.8. The van der Waals surface area contributed by atoms with Crippen molar-refractivity contribution in [3.63, 3.8) is 0 Å². The van der Waals surface area contributed by atoms with E-state index in [4.69, 9.17) is 4.74 Å². The molecule has 1 fully saturated rings. The molecule has 4 rings (SSSR count). The van der Waals surface area contributed by atoms with E-state index < -0.39 is 5.54 Å². The standard InChI is InChI=1S/C25H29N2O2P/c1-2-20-16-22(17-21-10-6-7-11-23(20)21)25(12-14-27(30)15-13-25)26-24(28)29-18-19-8-4-3-5-9-19/h3-11,16-17H,2,12-15,18,30H2,1H3,(H,26,28). The smallest absolute Gasteiger partial charge is 0.408 e. The van der Waals surface area contributed by atoms with Gasteiger partial charge in [0.15, 0.2) is 0 Å². The van der Waals surface area contributed by atoms with Gasteiger partial charge in [0, 0.05) is 13.1 Å². The summed E-state index contributed by atoms with van der Waals surface area (Å²) in [6, 6.07) is 22.8. The zero-order valence-corrected chi connectivity index (χ0v) is 18.6. The molecule has 1 N–H and O–H groups in total. The van der Waals surface area contributed by atoms with Crippen LogP contribution in [-0.4, -0.2) is 23.9 Å². The van der Waals surface area contributed by atoms with E-state index in [2.05, 4.69) is 62.7 Å². The topological polar surface area (TPSA) is 41.6 Å². The third-order valence-corrected chi connectivity index (χ3v) is 6.60. The van der Waals surface area contributed by atoms with Gasteiger partial charge in [-0.1, -0.05) is 77.0 Å². The lowest BCUT2D eigenvalue weighted by molar-refractivity contribution is 0.113. The maximum Gasteiger partial charge on any atom is 0.408 e. The number of fused-ring (bicyclic) bond motifs is 1. The summed E-state index contributed by atoms with van der Waals surface area (Å²) in [6.07, 6.45) is 2.29. The van der Waals surface area contributed by atoms with Crippen LogP contribution in [0.3, 0.4) is 0 Å². The molecule has 4 nitrogen and oxygen atoms in total. The van der Waals surface area contributed by atoms with Gasteiger partial charge in [0.05, 0.1) is 5.54 Å². The lowest BCUT2D eigenvalue weighted by Crippen LogP contribution is -2.51. The number of carbonyl (C=O) groups excluding carboxylic acids is 1. The van der Waals surface area contributed by atoms with Gasteiger partial charge in [-0.2, -0.15) is 0 Å². The molecule has 0 bridgehead atoms. The maximum absolute atomic E-state index is 12.8. The highest BCUT2D eigenvalue weighted by molar-refractivity contribution is 7.13. The predicted octanol–water partition coefficient (Wildman–Crippen LogP) is 5.41. The summed E-state index contributed by atoms with van der Waals surface area (Å²) in [5.74, 6) is 0. The molecular weight excluding hydrogens is 391 g/mol. The average Bonchev–Trinajstić information content (AvgIpc) is 2.79. The van der Waals surface area contributed by atoms with Crippen molar-refractivity contribution in [2.45, 2.75) is 38.3 Å². The number of benzene rings is 3. The van der Waals surface area contributed by atoms with E-state index in [-0.39, 0.29) is 12.7 Å². The number of hydrogen-bond acceptors (Lipinski definition) is 3. The molecule has 1 aliphatic heterocycles. The van der Waals surface area contributed by atoms with Crippen molar-refractivity contribution in [3.8, 4) is 0 Å². The molecule has 3 aromatic rings. The van der Waals surface area contributed by atoms with E-state index in [0.717, 1.165) is 37.9 Å². The first-order chi connectivity index (χ1) is 14.6. The fourth-order valence-corrected chi connectivity index (χ4v) is 4.56. The second-order valence-corrected chi connectivity index (χ2v) is 8.75. The van der Waals surface area contributed by atoms with Gasteiger partial charge in [-0.05, 0) is 52.8 Å². The first-order valence-corrected chi connectivity index (χ1v) is 11.1. The lowest BCUT2D eigenvalue weighted by Gasteiger charge is -2.41. The van der Waals surface area contributed by atoms with Gasteiger partial charge in [0.25, 0.3) is 0 Å². The number of nitrogens with zero attached hydrogens (tertiary/aromatic N) is 1. The molecule has 0 aliphatic carbocycles. The lowest BCUT2D eigenvalue weighted by atomic mass is 9.79. The van der Waals surface area contributed by atoms with Gasteiger partial charge < -0.3 is 10.1 Å². The summed E-state index contributed by atoms with van der Waals surface area (Å²) in [6.45, 7) is 4.26. The third kappa shape index (κ3) is 4.50. The fourth-order valence-electron chi connectivity index (χ4n) is 4.30. The number of amides is 1. The van der Waals surface area contributed by atoms with Crippen molar-refractivity contribution in [2.75, 3.05) is 13.1 Å². The summed E-state index contributed by atoms with van der Waals surface area (Å²) in [5, 5.41) is 5.77. The van der Waals surface area contributed by atoms with E-state index in [1.165, 1.54) is 21.9 Å². The molecule has 1 atom stereocenters. The average molecular weight is 420 g/mol. The van der Waals surface area contributed by atoms with Crippen LogP contribution in [0.4, 0.5) is 4.79 Å². The molecule has 0 saturated carbocycles. The number of rotatable bonds is 5. The zero-order chi connectivity index (χ0) is 21.0. The number of hydrogen-bond donors (Lipinski definition) is 1. The molecule has 5 heteroatoms. The highest BCUT2D eigenvalue weighted by atomic mass is 31.0. The van der Waals surface area contributed by atoms with E-state index in [1.54, 1.807) is 0 Å². The summed E-state index contributed by atoms with van der Waals surface area (Å²) >= 11 is 0. The van der Waals surface area contributed by atoms with Crippen LogP contribution >= 0.6 is 9.39 Å². The molecule has 1 saturated heterocycles. The first-order valence-electron chi connectivity index (χ1n) is 10.6. The Morgan fingerprint density at radius 3 is 2.50 bits per heavy atom. The quantitative estimate of drug-likeness (QED) is 0.561. The number of carbonyl (C=O) groups is 1. The molecular formula is C25H29N2O2P. The zero-order valence-electron chi connectivity index (χ0n) is 17.4. The van der Waals surface area contributed by atoms with Gasteiger partial charge in [-0.3, -0.25) is 4.67 Å². The molecule has 0 radical (unpaired) electrons. The molecule has 0 spiro atoms. The summed E-state index contributed by atoms with van der Waals surface area (Å²) in [7, 11) is 2.78. The Balaban J connectivity index is 1.62. The van der Waals surface area contributed by atoms with Crippen molar-refractivity contribution >= 4 is 26.3 Å². The Labute approximate surface area is 180 Å². The Morgan fingerprint density at radius 2 is 1.77 bits per heavy atom. The molecule has 1 heterocycles. The summed E-state index contributed by atoms with van der Waals surface area (Å²) in [4.78, 5) is 12.8. The Hall–Kier alpha value is -2.42. The third-order valence-electron chi connectivity index (χ3n) is 6.09. The van der Waals surface area contributed by atoms with Crippen LogP contribution in [0.2, 0.25) is 0 Å². The minimum absolute atomic E-state index is 0.274. The number of aryl methyl sites for hydroxylation is 1. The van der Waals surface area contributed by atoms with Crippen molar-refractivity contribution in [3.05, 3.63) is 83.4 Å². The second-order valence-electron chi connectivity index (χ2n) is 8.01. The highest BCUT2D eigenvalue weighted by Crippen LogP contribution is 2.37. The number of nitrogens with one attached hydrogen (secondary N) is 1. The predicted molar refractivity (Wildman–Crippen MR) is 125 cm³/mol. The van der Waals surface area contributed by atoms with Crippen LogP contribution in [-0.2, 0) is 23.3 Å². The SMILES string of the molecule is CCc1cc(C2(NC(=O)OCc3ccccc3)CCN(P)CC2)cc2ccccc12. The van der Waals surface area contributed by atoms with Crippen molar-refractivity contribution < 1.29 is 9.53 Å². The molecule has 30 heavy (non-hydrogen) atoms. The van der Waals surface area contributed by atoms with E-state index in [1.807, 2.05) is 30.3 Å². The largest absolute Gasteiger partial charge is 0.445 e. The van der Waals surface area contributed by atoms with Crippen LogP contribution in [0.25, 0.3) is 10.8 Å². The summed E-state index contributed by atoms with van der Waals surface area (Å²) in [5.41, 5.74) is 3.05. The minimum atomic E-state index is -0.422. The Morgan fingerprint density at radius 1 is 1.07 bits per heavy atom. The Bertz CT molecular complexity index is 1010. The van der Waals surface area contributed by atoms with Crippen LogP contribution in [0, 0.1) is 0 Å². The fraction of sp³-hybridized carbons (Fsp3) is 0.320. The second kappa shape index (κ2) is 9.16. The van der Waals surface area contributed by atoms with E-state index in [9.17, 15) is 4.79 Å². The van der Waals surface area contributed by atoms with Crippen LogP contribution in [0.5, 0.6) is 0 Å². The molecule has 0 aromatic heterocycles. The molecule has 156 valence electrons. The Kier molecular flexibility index (Phi) is 6.36. The number of piperidine rings is 1. The number of ether oxygens (including phenoxy) is 1. The molecule has 1 unspecified atom stereocenters. The van der Waals surface area contributed by atoms with Gasteiger partial charge >= 0.3 is 6.09 Å². The molecule has 1 amide bonds. The number of alkyl carbamates (subject to hydrolysis) is 1. The van der Waals surface area contributed by atoms with Gasteiger partial charge in [0.2, 0.25) is 0 Å². The monoisotopic (exact) mass is 420 g/mol. The van der Waals surface area contributed by atoms with Crippen LogP contribution in [0.15, 0.2) is 66.7 Å². The van der Waals surface area contributed by atoms with E-state index in [0.29, 0.717) is 0 Å².